The molecule has 0 saturated heterocycles. The SMILES string of the molecule is CCNc1cccc(OCCOCCCOCC(C)=O)c1.[HH]. The molecule has 0 aliphatic heterocycles. The molecule has 0 fully saturated rings. The molecular weight excluding hydrogens is 270 g/mol. The highest BCUT2D eigenvalue weighted by Gasteiger charge is 1.97. The third-order valence-corrected chi connectivity index (χ3v) is 2.59. The summed E-state index contributed by atoms with van der Waals surface area (Å²) in [5.41, 5.74) is 1.05. The van der Waals surface area contributed by atoms with Crippen molar-refractivity contribution in [1.82, 2.24) is 0 Å². The predicted molar refractivity (Wildman–Crippen MR) is 85.2 cm³/mol. The molecule has 1 N–H and O–H groups in total. The summed E-state index contributed by atoms with van der Waals surface area (Å²) in [6.45, 7) is 6.86. The Kier molecular flexibility index (Phi) is 9.24. The molecule has 0 unspecified atom stereocenters. The average Bonchev–Trinajstić information content (AvgIpc) is 2.46. The summed E-state index contributed by atoms with van der Waals surface area (Å²) in [5.74, 6) is 0.881. The van der Waals surface area contributed by atoms with Gasteiger partial charge >= 0.3 is 0 Å². The van der Waals surface area contributed by atoms with Gasteiger partial charge in [0.2, 0.25) is 0 Å². The largest absolute Gasteiger partial charge is 0.491 e. The molecule has 0 radical (unpaired) electrons. The summed E-state index contributed by atoms with van der Waals surface area (Å²) in [5, 5.41) is 3.24. The van der Waals surface area contributed by atoms with E-state index in [0.717, 1.165) is 24.4 Å². The van der Waals surface area contributed by atoms with E-state index in [1.54, 1.807) is 0 Å². The minimum Gasteiger partial charge on any atom is -0.491 e. The van der Waals surface area contributed by atoms with Crippen LogP contribution in [0.15, 0.2) is 24.3 Å². The van der Waals surface area contributed by atoms with Crippen LogP contribution >= 0.6 is 0 Å². The van der Waals surface area contributed by atoms with Crippen LogP contribution in [0.3, 0.4) is 0 Å². The maximum absolute atomic E-state index is 10.6. The number of Topliss-reactive ketones (excluding diaryl/α,β-unsaturated/α-hetero) is 1. The van der Waals surface area contributed by atoms with Gasteiger partial charge in [0.05, 0.1) is 6.61 Å². The van der Waals surface area contributed by atoms with Gasteiger partial charge in [-0.3, -0.25) is 4.79 Å². The van der Waals surface area contributed by atoms with Crippen molar-refractivity contribution >= 4 is 11.5 Å². The summed E-state index contributed by atoms with van der Waals surface area (Å²) in [6, 6.07) is 7.87. The number of ether oxygens (including phenoxy) is 3. The number of nitrogens with one attached hydrogen (secondary N) is 1. The van der Waals surface area contributed by atoms with Gasteiger partial charge in [-0.25, -0.2) is 0 Å². The highest BCUT2D eigenvalue weighted by molar-refractivity contribution is 5.76. The van der Waals surface area contributed by atoms with Crippen LogP contribution in [0.4, 0.5) is 5.69 Å². The van der Waals surface area contributed by atoms with Crippen molar-refractivity contribution in [2.45, 2.75) is 20.3 Å². The zero-order chi connectivity index (χ0) is 15.3. The zero-order valence-electron chi connectivity index (χ0n) is 12.9. The number of rotatable bonds is 12. The first-order valence-corrected chi connectivity index (χ1v) is 7.34. The minimum absolute atomic E-state index is 0. The molecule has 0 amide bonds. The van der Waals surface area contributed by atoms with E-state index < -0.39 is 0 Å². The van der Waals surface area contributed by atoms with Gasteiger partial charge in [-0.15, -0.1) is 0 Å². The Balaban J connectivity index is 0.00000441. The Labute approximate surface area is 128 Å². The molecule has 5 heteroatoms. The highest BCUT2D eigenvalue weighted by atomic mass is 16.5. The third-order valence-electron chi connectivity index (χ3n) is 2.59. The quantitative estimate of drug-likeness (QED) is 0.601. The van der Waals surface area contributed by atoms with Gasteiger partial charge in [0.25, 0.3) is 0 Å². The molecule has 1 aromatic rings. The highest BCUT2D eigenvalue weighted by Crippen LogP contribution is 2.16. The molecule has 0 aliphatic carbocycles. The molecule has 120 valence electrons. The fraction of sp³-hybridized carbons (Fsp3) is 0.562. The lowest BCUT2D eigenvalue weighted by Gasteiger charge is -2.09. The average molecular weight is 297 g/mol. The Morgan fingerprint density at radius 1 is 1.19 bits per heavy atom. The van der Waals surface area contributed by atoms with Gasteiger partial charge < -0.3 is 19.5 Å². The number of hydrogen-bond acceptors (Lipinski definition) is 5. The predicted octanol–water partition coefficient (Wildman–Crippen LogP) is 2.76. The summed E-state index contributed by atoms with van der Waals surface area (Å²) in [4.78, 5) is 10.6. The Hall–Kier alpha value is -1.59. The van der Waals surface area contributed by atoms with Gasteiger partial charge in [0.15, 0.2) is 5.78 Å². The molecule has 1 aromatic carbocycles. The molecule has 0 saturated carbocycles. The molecule has 0 aromatic heterocycles. The van der Waals surface area contributed by atoms with Gasteiger partial charge in [-0.2, -0.15) is 0 Å². The Morgan fingerprint density at radius 2 is 2.00 bits per heavy atom. The lowest BCUT2D eigenvalue weighted by atomic mass is 10.3. The van der Waals surface area contributed by atoms with Crippen LogP contribution in [0.2, 0.25) is 0 Å². The van der Waals surface area contributed by atoms with E-state index in [-0.39, 0.29) is 13.8 Å². The maximum atomic E-state index is 10.6. The van der Waals surface area contributed by atoms with Crippen molar-refractivity contribution < 1.29 is 20.4 Å². The van der Waals surface area contributed by atoms with E-state index in [2.05, 4.69) is 12.2 Å². The van der Waals surface area contributed by atoms with E-state index in [9.17, 15) is 4.79 Å². The molecule has 1 rings (SSSR count). The van der Waals surface area contributed by atoms with Crippen molar-refractivity contribution in [2.75, 3.05) is 44.9 Å². The molecule has 0 bridgehead atoms. The molecular formula is C16H27NO4. The Morgan fingerprint density at radius 3 is 2.76 bits per heavy atom. The second kappa shape index (κ2) is 11.1. The van der Waals surface area contributed by atoms with Crippen molar-refractivity contribution in [1.29, 1.82) is 0 Å². The van der Waals surface area contributed by atoms with Gasteiger partial charge in [-0.05, 0) is 32.4 Å². The first-order valence-electron chi connectivity index (χ1n) is 7.34. The fourth-order valence-corrected chi connectivity index (χ4v) is 1.70. The van der Waals surface area contributed by atoms with Crippen LogP contribution in [0.5, 0.6) is 5.75 Å². The fourth-order valence-electron chi connectivity index (χ4n) is 1.70. The summed E-state index contributed by atoms with van der Waals surface area (Å²) in [6.07, 6.45) is 0.781. The minimum atomic E-state index is 0. The van der Waals surface area contributed by atoms with Crippen molar-refractivity contribution in [3.05, 3.63) is 24.3 Å². The summed E-state index contributed by atoms with van der Waals surface area (Å²) < 4.78 is 16.2. The van der Waals surface area contributed by atoms with Gasteiger partial charge in [0, 0.05) is 32.9 Å². The number of anilines is 1. The lowest BCUT2D eigenvalue weighted by Crippen LogP contribution is -2.10. The number of ketones is 1. The number of carbonyl (C=O) groups excluding carboxylic acids is 1. The van der Waals surface area contributed by atoms with Crippen LogP contribution in [-0.2, 0) is 14.3 Å². The van der Waals surface area contributed by atoms with E-state index in [4.69, 9.17) is 14.2 Å². The van der Waals surface area contributed by atoms with E-state index >= 15 is 0 Å². The van der Waals surface area contributed by atoms with Crippen LogP contribution in [0.25, 0.3) is 0 Å². The molecule has 0 aliphatic rings. The molecule has 0 atom stereocenters. The monoisotopic (exact) mass is 297 g/mol. The Bertz CT molecular complexity index is 415. The smallest absolute Gasteiger partial charge is 0.155 e. The second-order valence-corrected chi connectivity index (χ2v) is 4.63. The van der Waals surface area contributed by atoms with Crippen molar-refractivity contribution in [2.24, 2.45) is 0 Å². The topological polar surface area (TPSA) is 56.8 Å². The zero-order valence-corrected chi connectivity index (χ0v) is 12.9. The van der Waals surface area contributed by atoms with Crippen LogP contribution < -0.4 is 10.1 Å². The van der Waals surface area contributed by atoms with Crippen LogP contribution in [-0.4, -0.2) is 45.4 Å². The van der Waals surface area contributed by atoms with Gasteiger partial charge in [-0.1, -0.05) is 6.07 Å². The molecule has 0 spiro atoms. The van der Waals surface area contributed by atoms with Gasteiger partial charge in [0.1, 0.15) is 19.0 Å². The van der Waals surface area contributed by atoms with E-state index in [1.165, 1.54) is 6.92 Å². The normalized spacial score (nSPS) is 10.4. The number of carbonyl (C=O) groups is 1. The second-order valence-electron chi connectivity index (χ2n) is 4.63. The lowest BCUT2D eigenvalue weighted by molar-refractivity contribution is -0.121. The molecule has 0 heterocycles. The standard InChI is InChI=1S/C16H25NO4.H2/c1-3-17-15-6-4-7-16(12-15)21-11-10-19-8-5-9-20-13-14(2)18;/h4,6-7,12,17H,3,5,8-11,13H2,1-2H3;1H. The number of hydrogen-bond donors (Lipinski definition) is 1. The summed E-state index contributed by atoms with van der Waals surface area (Å²) in [7, 11) is 0. The maximum Gasteiger partial charge on any atom is 0.155 e. The molecule has 5 nitrogen and oxygen atoms in total. The number of benzene rings is 1. The van der Waals surface area contributed by atoms with E-state index in [0.29, 0.717) is 26.4 Å². The third kappa shape index (κ3) is 9.05. The van der Waals surface area contributed by atoms with Crippen LogP contribution in [0, 0.1) is 0 Å². The van der Waals surface area contributed by atoms with Crippen molar-refractivity contribution in [3.8, 4) is 5.75 Å². The van der Waals surface area contributed by atoms with Crippen molar-refractivity contribution in [3.63, 3.8) is 0 Å². The molecule has 21 heavy (non-hydrogen) atoms. The first kappa shape index (κ1) is 17.5. The van der Waals surface area contributed by atoms with Crippen LogP contribution in [0.1, 0.15) is 21.7 Å². The summed E-state index contributed by atoms with van der Waals surface area (Å²) >= 11 is 0. The van der Waals surface area contributed by atoms with E-state index in [1.807, 2.05) is 24.3 Å². The first-order chi connectivity index (χ1) is 10.2.